The number of nitrogens with zero attached hydrogens (tertiary/aromatic N) is 1. The molecule has 10 nitrogen and oxygen atoms in total. The van der Waals surface area contributed by atoms with Gasteiger partial charge >= 0.3 is 19.8 Å². The van der Waals surface area contributed by atoms with Gasteiger partial charge in [-0.25, -0.2) is 4.57 Å². The Morgan fingerprint density at radius 1 is 0.627 bits per heavy atom. The molecule has 0 heterocycles. The maximum atomic E-state index is 12.7. The molecule has 0 aromatic rings. The van der Waals surface area contributed by atoms with Crippen LogP contribution in [0.5, 0.6) is 0 Å². The smallest absolute Gasteiger partial charge is 0.462 e. The highest BCUT2D eigenvalue weighted by atomic mass is 31.2. The molecule has 0 rings (SSSR count). The minimum atomic E-state index is -4.44. The molecule has 0 aliphatic rings. The van der Waals surface area contributed by atoms with E-state index in [0.29, 0.717) is 36.7 Å². The number of hydrogen-bond donors (Lipinski definition) is 2. The lowest BCUT2D eigenvalue weighted by atomic mass is 10.1. The van der Waals surface area contributed by atoms with Gasteiger partial charge in [-0.15, -0.1) is 0 Å². The summed E-state index contributed by atoms with van der Waals surface area (Å²) in [7, 11) is 1.32. The Bertz CT molecular complexity index is 1380. The lowest BCUT2D eigenvalue weighted by molar-refractivity contribution is -0.870. The highest BCUT2D eigenvalue weighted by Crippen LogP contribution is 2.43. The molecule has 334 valence electrons. The van der Waals surface area contributed by atoms with Crippen LogP contribution >= 0.6 is 7.82 Å². The molecular weight excluding hydrogens is 765 g/mol. The quantitative estimate of drug-likeness (QED) is 0.0157. The van der Waals surface area contributed by atoms with E-state index in [0.717, 1.165) is 51.4 Å². The van der Waals surface area contributed by atoms with Crippen molar-refractivity contribution in [1.82, 2.24) is 0 Å². The van der Waals surface area contributed by atoms with E-state index in [4.69, 9.17) is 18.5 Å². The Labute approximate surface area is 358 Å². The van der Waals surface area contributed by atoms with Crippen LogP contribution in [0.25, 0.3) is 0 Å². The number of esters is 2. The number of ether oxygens (including phenoxy) is 2. The van der Waals surface area contributed by atoms with E-state index in [2.05, 4.69) is 92.8 Å². The molecule has 0 spiro atoms. The van der Waals surface area contributed by atoms with Gasteiger partial charge in [0.1, 0.15) is 19.8 Å². The van der Waals surface area contributed by atoms with Gasteiger partial charge in [0.2, 0.25) is 0 Å². The van der Waals surface area contributed by atoms with Crippen molar-refractivity contribution in [3.05, 3.63) is 109 Å². The van der Waals surface area contributed by atoms with Crippen LogP contribution in [-0.4, -0.2) is 86.1 Å². The van der Waals surface area contributed by atoms with E-state index in [1.807, 2.05) is 39.4 Å². The van der Waals surface area contributed by atoms with Crippen molar-refractivity contribution in [2.24, 2.45) is 0 Å². The third-order valence-electron chi connectivity index (χ3n) is 8.39. The van der Waals surface area contributed by atoms with Crippen molar-refractivity contribution in [2.45, 2.75) is 135 Å². The molecule has 59 heavy (non-hydrogen) atoms. The van der Waals surface area contributed by atoms with Crippen molar-refractivity contribution in [3.8, 4) is 0 Å². The van der Waals surface area contributed by atoms with E-state index >= 15 is 0 Å². The number of aliphatic hydroxyl groups excluding tert-OH is 1. The first-order valence-corrected chi connectivity index (χ1v) is 23.2. The van der Waals surface area contributed by atoms with Gasteiger partial charge in [0.15, 0.2) is 6.10 Å². The first-order chi connectivity index (χ1) is 28.4. The maximum absolute atomic E-state index is 12.7. The normalized spacial score (nSPS) is 15.2. The van der Waals surface area contributed by atoms with Crippen LogP contribution in [0, 0.1) is 0 Å². The predicted molar refractivity (Wildman–Crippen MR) is 244 cm³/mol. The molecule has 3 atom stereocenters. The minimum Gasteiger partial charge on any atom is -0.462 e. The second-order valence-electron chi connectivity index (χ2n) is 15.2. The summed E-state index contributed by atoms with van der Waals surface area (Å²) < 4.78 is 34.0. The van der Waals surface area contributed by atoms with Gasteiger partial charge in [-0.3, -0.25) is 18.6 Å². The summed E-state index contributed by atoms with van der Waals surface area (Å²) in [5.74, 6) is -1.08. The van der Waals surface area contributed by atoms with Crippen LogP contribution in [0.3, 0.4) is 0 Å². The van der Waals surface area contributed by atoms with Gasteiger partial charge in [-0.1, -0.05) is 136 Å². The van der Waals surface area contributed by atoms with E-state index in [9.17, 15) is 24.2 Å². The largest absolute Gasteiger partial charge is 0.472 e. The third-order valence-corrected chi connectivity index (χ3v) is 9.38. The number of likely N-dealkylation sites (N-methyl/N-ethyl adjacent to an activating group) is 1. The Morgan fingerprint density at radius 2 is 1.15 bits per heavy atom. The monoisotopic (exact) mass is 845 g/mol. The molecule has 0 aliphatic heterocycles. The number of carbonyl (C=O) groups excluding carboxylic acids is 2. The average Bonchev–Trinajstić information content (AvgIpc) is 3.18. The highest BCUT2D eigenvalue weighted by Gasteiger charge is 2.27. The lowest BCUT2D eigenvalue weighted by Crippen LogP contribution is -2.37. The standard InChI is InChI=1S/C48H78NO9P/c1-6-8-10-12-14-16-18-20-21-22-23-25-27-29-31-33-35-39-48(52)58-46(44-57-59(53,54)56-42-41-49(3,4)5)43-55-47(51)40-36-38-45(50)37-34-32-30-28-26-24-19-17-15-13-11-9-7-2/h9,11,14-17,20-21,23-26,29-32,34,37,45-46,50H,6-8,10,12-13,18-19,22,27-28,33,35-36,38-44H2,1-5H3/p+1/b11-9-,16-14-,17-15-,21-20-,25-23-,26-24-,31-29-,32-30-,37-34+/t45?,46-/m1/s1. The third kappa shape index (κ3) is 42.6. The number of aliphatic hydroxyl groups is 1. The molecule has 0 bridgehead atoms. The SMILES string of the molecule is CC/C=C\C/C=C\C/C=C\C/C=C\C=C\C(O)CCCC(=O)OC[C@H](COP(=O)(O)OCC[N+](C)(C)C)OC(=O)CCC/C=C\C/C=C\C/C=C\C/C=C\CCCCC. The second-order valence-corrected chi connectivity index (χ2v) is 16.6. The molecule has 0 amide bonds. The van der Waals surface area contributed by atoms with Gasteiger partial charge in [-0.05, 0) is 83.5 Å². The van der Waals surface area contributed by atoms with E-state index < -0.39 is 38.6 Å². The van der Waals surface area contributed by atoms with Crippen molar-refractivity contribution in [2.75, 3.05) is 47.5 Å². The van der Waals surface area contributed by atoms with Crippen LogP contribution in [-0.2, 0) is 32.7 Å². The maximum Gasteiger partial charge on any atom is 0.472 e. The average molecular weight is 845 g/mol. The first kappa shape index (κ1) is 55.6. The molecule has 2 unspecified atom stereocenters. The highest BCUT2D eigenvalue weighted by molar-refractivity contribution is 7.47. The van der Waals surface area contributed by atoms with Gasteiger partial charge in [-0.2, -0.15) is 0 Å². The molecule has 0 aromatic heterocycles. The van der Waals surface area contributed by atoms with E-state index in [1.54, 1.807) is 12.2 Å². The summed E-state index contributed by atoms with van der Waals surface area (Å²) in [4.78, 5) is 35.4. The number of phosphoric ester groups is 1. The number of carbonyl (C=O) groups is 2. The molecule has 0 saturated carbocycles. The number of allylic oxidation sites excluding steroid dienone is 17. The summed E-state index contributed by atoms with van der Waals surface area (Å²) in [5, 5.41) is 10.3. The van der Waals surface area contributed by atoms with Gasteiger partial charge in [0, 0.05) is 12.8 Å². The number of hydrogen-bond acceptors (Lipinski definition) is 8. The summed E-state index contributed by atoms with van der Waals surface area (Å²) in [5.41, 5.74) is 0. The van der Waals surface area contributed by atoms with Gasteiger partial charge in [0.25, 0.3) is 0 Å². The fraction of sp³-hybridized carbons (Fsp3) is 0.583. The Morgan fingerprint density at radius 3 is 1.71 bits per heavy atom. The Balaban J connectivity index is 4.69. The van der Waals surface area contributed by atoms with E-state index in [-0.39, 0.29) is 26.1 Å². The molecule has 0 aliphatic carbocycles. The van der Waals surface area contributed by atoms with Gasteiger partial charge in [0.05, 0.1) is 33.9 Å². The molecule has 0 aromatic carbocycles. The topological polar surface area (TPSA) is 129 Å². The molecule has 0 radical (unpaired) electrons. The molecule has 0 saturated heterocycles. The molecule has 0 fully saturated rings. The fourth-order valence-electron chi connectivity index (χ4n) is 4.97. The summed E-state index contributed by atoms with van der Waals surface area (Å²) in [6.07, 6.45) is 48.9. The molecular formula is C48H79NO9P+. The molecule has 2 N–H and O–H groups in total. The predicted octanol–water partition coefficient (Wildman–Crippen LogP) is 11.3. The number of unbranched alkanes of at least 4 members (excludes halogenated alkanes) is 4. The number of rotatable bonds is 37. The van der Waals surface area contributed by atoms with Crippen LogP contribution < -0.4 is 0 Å². The van der Waals surface area contributed by atoms with E-state index in [1.165, 1.54) is 19.3 Å². The fourth-order valence-corrected chi connectivity index (χ4v) is 5.72. The lowest BCUT2D eigenvalue weighted by Gasteiger charge is -2.24. The van der Waals surface area contributed by atoms with Crippen molar-refractivity contribution in [3.63, 3.8) is 0 Å². The van der Waals surface area contributed by atoms with Crippen LogP contribution in [0.2, 0.25) is 0 Å². The zero-order valence-electron chi connectivity index (χ0n) is 37.0. The van der Waals surface area contributed by atoms with Crippen LogP contribution in [0.15, 0.2) is 109 Å². The van der Waals surface area contributed by atoms with Crippen molar-refractivity contribution < 1.29 is 47.2 Å². The van der Waals surface area contributed by atoms with Crippen molar-refractivity contribution in [1.29, 1.82) is 0 Å². The summed E-state index contributed by atoms with van der Waals surface area (Å²) in [6.45, 7) is 3.95. The van der Waals surface area contributed by atoms with Gasteiger partial charge < -0.3 is 24.0 Å². The Hall–Kier alpha value is -3.37. The van der Waals surface area contributed by atoms with Crippen LogP contribution in [0.1, 0.15) is 123 Å². The molecule has 11 heteroatoms. The Kier molecular flexibility index (Phi) is 36.6. The summed E-state index contributed by atoms with van der Waals surface area (Å²) in [6, 6.07) is 0. The zero-order chi connectivity index (χ0) is 43.7. The van der Waals surface area contributed by atoms with Crippen molar-refractivity contribution >= 4 is 19.8 Å². The summed E-state index contributed by atoms with van der Waals surface area (Å²) >= 11 is 0. The zero-order valence-corrected chi connectivity index (χ0v) is 37.9. The first-order valence-electron chi connectivity index (χ1n) is 21.7. The second kappa shape index (κ2) is 38.8. The minimum absolute atomic E-state index is 0.0152. The number of quaternary nitrogens is 1. The number of phosphoric acid groups is 1. The van der Waals surface area contributed by atoms with Crippen LogP contribution in [0.4, 0.5) is 0 Å².